The van der Waals surface area contributed by atoms with Gasteiger partial charge in [0.2, 0.25) is 0 Å². The molecular weight excluding hydrogens is 466 g/mol. The third-order valence-electron chi connectivity index (χ3n) is 3.90. The number of furan rings is 1. The van der Waals surface area contributed by atoms with Gasteiger partial charge in [0.1, 0.15) is 17.1 Å². The molecule has 0 aliphatic carbocycles. The number of nitrogens with two attached hydrogens (primary N) is 1. The maximum atomic E-state index is 10.8. The minimum Gasteiger partial charge on any atom is -1.00 e. The van der Waals surface area contributed by atoms with Crippen LogP contribution < -0.4 is 22.3 Å². The molecule has 0 saturated heterocycles. The standard InChI is InChI=1S/C19H12ClN3O3S.BrH/c20-13-3-5-14(6-4-13)21-19-22-16(11-27-19)18-10-9-17(26-18)12-1-7-15(8-2-12)23(24)25;/h1-11H,(H,21,22);1H. The number of hydrogen-bond donors (Lipinski definition) is 1. The molecule has 9 heteroatoms. The lowest BCUT2D eigenvalue weighted by atomic mass is 10.1. The summed E-state index contributed by atoms with van der Waals surface area (Å²) >= 11 is 7.42. The van der Waals surface area contributed by atoms with E-state index < -0.39 is 4.92 Å². The zero-order valence-corrected chi connectivity index (χ0v) is 17.4. The molecule has 0 bridgehead atoms. The zero-order chi connectivity index (χ0) is 18.8. The van der Waals surface area contributed by atoms with Crippen molar-refractivity contribution in [3.05, 3.63) is 81.2 Å². The van der Waals surface area contributed by atoms with Crippen LogP contribution in [0.15, 0.2) is 70.5 Å². The van der Waals surface area contributed by atoms with E-state index in [0.29, 0.717) is 16.5 Å². The average molecular weight is 479 g/mol. The van der Waals surface area contributed by atoms with Gasteiger partial charge in [-0.2, -0.15) is 4.98 Å². The fraction of sp³-hybridized carbons (Fsp3) is 0. The predicted molar refractivity (Wildman–Crippen MR) is 105 cm³/mol. The molecule has 6 nitrogen and oxygen atoms in total. The maximum Gasteiger partial charge on any atom is 0.288 e. The number of aromatic nitrogens is 1. The monoisotopic (exact) mass is 477 g/mol. The molecular formula is C19H13BrClN3O3S. The summed E-state index contributed by atoms with van der Waals surface area (Å²) in [5.41, 5.74) is 2.59. The lowest BCUT2D eigenvalue weighted by molar-refractivity contribution is -0.478. The molecule has 4 rings (SSSR count). The number of nitrogens with zero attached hydrogens (tertiary/aromatic N) is 2. The lowest BCUT2D eigenvalue weighted by Gasteiger charge is -1.97. The Morgan fingerprint density at radius 1 is 1.00 bits per heavy atom. The summed E-state index contributed by atoms with van der Waals surface area (Å²) in [5, 5.41) is 16.2. The van der Waals surface area contributed by atoms with Crippen LogP contribution >= 0.6 is 22.9 Å². The van der Waals surface area contributed by atoms with E-state index in [2.05, 4.69) is 4.98 Å². The fourth-order valence-corrected chi connectivity index (χ4v) is 3.43. The fourth-order valence-electron chi connectivity index (χ4n) is 2.55. The van der Waals surface area contributed by atoms with Crippen molar-refractivity contribution in [2.75, 3.05) is 0 Å². The zero-order valence-electron chi connectivity index (χ0n) is 14.2. The highest BCUT2D eigenvalue weighted by Crippen LogP contribution is 2.30. The van der Waals surface area contributed by atoms with Crippen molar-refractivity contribution >= 4 is 39.4 Å². The Labute approximate surface area is 179 Å². The Morgan fingerprint density at radius 3 is 2.36 bits per heavy atom. The second-order valence-corrected chi connectivity index (χ2v) is 7.06. The molecule has 0 radical (unpaired) electrons. The van der Waals surface area contributed by atoms with E-state index in [4.69, 9.17) is 16.0 Å². The van der Waals surface area contributed by atoms with Crippen LogP contribution in [0.5, 0.6) is 0 Å². The summed E-state index contributed by atoms with van der Waals surface area (Å²) in [6.45, 7) is 0. The average Bonchev–Trinajstić information content (AvgIpc) is 3.33. The number of quaternary nitrogens is 1. The molecule has 2 heterocycles. The Balaban J connectivity index is 0.00000225. The van der Waals surface area contributed by atoms with Crippen molar-refractivity contribution in [3.8, 4) is 22.8 Å². The van der Waals surface area contributed by atoms with Crippen molar-refractivity contribution in [1.29, 1.82) is 0 Å². The number of rotatable bonds is 5. The van der Waals surface area contributed by atoms with E-state index in [1.165, 1.54) is 23.5 Å². The normalized spacial score (nSPS) is 10.5. The Kier molecular flexibility index (Phi) is 6.25. The lowest BCUT2D eigenvalue weighted by Crippen LogP contribution is -3.00. The smallest absolute Gasteiger partial charge is 0.288 e. The molecule has 142 valence electrons. The first-order chi connectivity index (χ1) is 13.1. The molecule has 0 amide bonds. The number of benzene rings is 2. The molecule has 0 spiro atoms. The van der Waals surface area contributed by atoms with E-state index in [1.807, 2.05) is 47.1 Å². The number of hydrogen-bond acceptors (Lipinski definition) is 5. The van der Waals surface area contributed by atoms with Gasteiger partial charge in [0.25, 0.3) is 10.8 Å². The first-order valence-corrected chi connectivity index (χ1v) is 9.25. The van der Waals surface area contributed by atoms with Crippen molar-refractivity contribution in [3.63, 3.8) is 0 Å². The van der Waals surface area contributed by atoms with Gasteiger partial charge in [-0.1, -0.05) is 22.9 Å². The maximum absolute atomic E-state index is 10.8. The number of non-ortho nitro benzene ring substituents is 1. The van der Waals surface area contributed by atoms with Gasteiger partial charge in [-0.25, -0.2) is 0 Å². The highest BCUT2D eigenvalue weighted by atomic mass is 79.9. The van der Waals surface area contributed by atoms with Crippen LogP contribution in [0.3, 0.4) is 0 Å². The van der Waals surface area contributed by atoms with Gasteiger partial charge in [-0.3, -0.25) is 15.4 Å². The summed E-state index contributed by atoms with van der Waals surface area (Å²) in [5.74, 6) is 1.28. The van der Waals surface area contributed by atoms with Gasteiger partial charge in [0.15, 0.2) is 5.76 Å². The Bertz CT molecular complexity index is 1090. The van der Waals surface area contributed by atoms with Gasteiger partial charge in [-0.05, 0) is 36.4 Å². The van der Waals surface area contributed by atoms with Gasteiger partial charge in [0.05, 0.1) is 4.92 Å². The Hall–Kier alpha value is -2.52. The van der Waals surface area contributed by atoms with E-state index >= 15 is 0 Å². The molecule has 0 fully saturated rings. The Morgan fingerprint density at radius 2 is 1.68 bits per heavy atom. The largest absolute Gasteiger partial charge is 1.00 e. The quantitative estimate of drug-likeness (QED) is 0.271. The van der Waals surface area contributed by atoms with Gasteiger partial charge in [0, 0.05) is 40.2 Å². The number of halogens is 2. The third-order valence-corrected chi connectivity index (χ3v) is 4.95. The third kappa shape index (κ3) is 4.48. The molecule has 0 unspecified atom stereocenters. The van der Waals surface area contributed by atoms with Crippen LogP contribution in [-0.2, 0) is 0 Å². The molecule has 4 aromatic rings. The molecule has 2 aromatic heterocycles. The summed E-state index contributed by atoms with van der Waals surface area (Å²) in [4.78, 5) is 14.9. The number of nitro groups is 1. The minimum absolute atomic E-state index is 0. The van der Waals surface area contributed by atoms with E-state index in [0.717, 1.165) is 22.1 Å². The minimum atomic E-state index is -0.425. The molecule has 0 saturated carbocycles. The summed E-state index contributed by atoms with van der Waals surface area (Å²) in [6.07, 6.45) is 0. The van der Waals surface area contributed by atoms with Gasteiger partial charge < -0.3 is 21.4 Å². The van der Waals surface area contributed by atoms with E-state index in [9.17, 15) is 10.1 Å². The topological polar surface area (TPSA) is 85.8 Å². The summed E-state index contributed by atoms with van der Waals surface area (Å²) in [7, 11) is 0. The van der Waals surface area contributed by atoms with Crippen LogP contribution in [0.4, 0.5) is 16.5 Å². The summed E-state index contributed by atoms with van der Waals surface area (Å²) in [6, 6.07) is 17.5. The van der Waals surface area contributed by atoms with Crippen LogP contribution in [0.1, 0.15) is 0 Å². The predicted octanol–water partition coefficient (Wildman–Crippen LogP) is 2.16. The second-order valence-electron chi connectivity index (χ2n) is 5.73. The van der Waals surface area contributed by atoms with Crippen LogP contribution in [0.25, 0.3) is 22.8 Å². The first kappa shape index (κ1) is 20.2. The van der Waals surface area contributed by atoms with Crippen molar-refractivity contribution in [2.24, 2.45) is 0 Å². The van der Waals surface area contributed by atoms with Crippen molar-refractivity contribution in [1.82, 2.24) is 4.98 Å². The van der Waals surface area contributed by atoms with Gasteiger partial charge >= 0.3 is 0 Å². The first-order valence-electron chi connectivity index (χ1n) is 7.99. The van der Waals surface area contributed by atoms with Crippen LogP contribution in [0.2, 0.25) is 5.02 Å². The van der Waals surface area contributed by atoms with Crippen LogP contribution in [-0.4, -0.2) is 9.91 Å². The number of nitro benzene ring substituents is 1. The SMILES string of the molecule is O=[N+]([O-])c1ccc(-c2ccc(-c3csc([NH2+]c4ccc(Cl)cc4)n3)o2)cc1.[Br-]. The highest BCUT2D eigenvalue weighted by molar-refractivity contribution is 7.13. The second kappa shape index (κ2) is 8.66. The van der Waals surface area contributed by atoms with Crippen LogP contribution in [0, 0.1) is 10.1 Å². The summed E-state index contributed by atoms with van der Waals surface area (Å²) < 4.78 is 5.88. The molecule has 2 aromatic carbocycles. The highest BCUT2D eigenvalue weighted by Gasteiger charge is 2.13. The molecule has 28 heavy (non-hydrogen) atoms. The molecule has 0 aliphatic rings. The molecule has 2 N–H and O–H groups in total. The van der Waals surface area contributed by atoms with E-state index in [-0.39, 0.29) is 22.7 Å². The van der Waals surface area contributed by atoms with Crippen molar-refractivity contribution in [2.45, 2.75) is 0 Å². The van der Waals surface area contributed by atoms with Crippen molar-refractivity contribution < 1.29 is 31.6 Å². The van der Waals surface area contributed by atoms with Gasteiger partial charge in [-0.15, -0.1) is 0 Å². The number of thiazole rings is 1. The van der Waals surface area contributed by atoms with E-state index in [1.54, 1.807) is 12.1 Å². The molecule has 0 aliphatic heterocycles. The molecule has 0 atom stereocenters.